The van der Waals surface area contributed by atoms with E-state index in [1.54, 1.807) is 7.11 Å². The Morgan fingerprint density at radius 3 is 2.50 bits per heavy atom. The van der Waals surface area contributed by atoms with Crippen LogP contribution in [0.5, 0.6) is 5.88 Å². The zero-order valence-corrected chi connectivity index (χ0v) is 17.9. The topological polar surface area (TPSA) is 67.8 Å². The molecule has 0 aliphatic carbocycles. The lowest BCUT2D eigenvalue weighted by Gasteiger charge is -2.34. The molecule has 1 amide bonds. The summed E-state index contributed by atoms with van der Waals surface area (Å²) >= 11 is 0. The van der Waals surface area contributed by atoms with Gasteiger partial charge in [-0.1, -0.05) is 12.1 Å². The molecule has 0 spiro atoms. The smallest absolute Gasteiger partial charge is 0.235 e. The van der Waals surface area contributed by atoms with Crippen LogP contribution in [0.15, 0.2) is 24.3 Å². The van der Waals surface area contributed by atoms with Gasteiger partial charge in [0.15, 0.2) is 0 Å². The number of rotatable bonds is 7. The number of likely N-dealkylation sites (tertiary alicyclic amines) is 1. The molecule has 2 fully saturated rings. The molecule has 0 atom stereocenters. The lowest BCUT2D eigenvalue weighted by Crippen LogP contribution is -2.40. The number of fused-ring (bicyclic) bond motifs is 1. The van der Waals surface area contributed by atoms with Crippen molar-refractivity contribution in [2.45, 2.75) is 32.1 Å². The Hall–Kier alpha value is -2.25. The summed E-state index contributed by atoms with van der Waals surface area (Å²) in [6.45, 7) is 6.72. The molecule has 2 aliphatic rings. The minimum Gasteiger partial charge on any atom is -0.480 e. The molecular weight excluding hydrogens is 380 g/mol. The number of piperidine rings is 1. The molecule has 1 aromatic carbocycles. The van der Waals surface area contributed by atoms with Crippen LogP contribution in [0.2, 0.25) is 0 Å². The first-order valence-electron chi connectivity index (χ1n) is 11.1. The van der Waals surface area contributed by atoms with Crippen LogP contribution >= 0.6 is 0 Å². The first kappa shape index (κ1) is 21.0. The third-order valence-electron chi connectivity index (χ3n) is 6.30. The van der Waals surface area contributed by atoms with Gasteiger partial charge in [0.2, 0.25) is 11.8 Å². The zero-order valence-electron chi connectivity index (χ0n) is 17.9. The van der Waals surface area contributed by atoms with Crippen molar-refractivity contribution >= 4 is 16.9 Å². The van der Waals surface area contributed by atoms with Gasteiger partial charge in [-0.3, -0.25) is 9.69 Å². The first-order valence-corrected chi connectivity index (χ1v) is 11.1. The molecule has 162 valence electrons. The molecule has 4 rings (SSSR count). The summed E-state index contributed by atoms with van der Waals surface area (Å²) in [5, 5.41) is 0. The molecule has 0 radical (unpaired) electrons. The number of benzene rings is 1. The van der Waals surface area contributed by atoms with E-state index >= 15 is 0 Å². The number of amides is 1. The fourth-order valence-electron chi connectivity index (χ4n) is 4.39. The molecule has 0 saturated carbocycles. The van der Waals surface area contributed by atoms with E-state index in [2.05, 4.69) is 14.9 Å². The second kappa shape index (κ2) is 10.2. The normalized spacial score (nSPS) is 18.6. The van der Waals surface area contributed by atoms with Crippen molar-refractivity contribution in [2.24, 2.45) is 5.92 Å². The molecule has 2 aliphatic heterocycles. The minimum atomic E-state index is 0.207. The number of carbonyl (C=O) groups excluding carboxylic acids is 1. The minimum absolute atomic E-state index is 0.207. The summed E-state index contributed by atoms with van der Waals surface area (Å²) in [6.07, 6.45) is 4.44. The average Bonchev–Trinajstić information content (AvgIpc) is 2.81. The van der Waals surface area contributed by atoms with E-state index in [9.17, 15) is 4.79 Å². The van der Waals surface area contributed by atoms with E-state index in [0.29, 0.717) is 18.7 Å². The molecule has 7 heteroatoms. The van der Waals surface area contributed by atoms with E-state index in [1.165, 1.54) is 6.42 Å². The second-order valence-electron chi connectivity index (χ2n) is 8.24. The molecular formula is C23H32N4O3. The molecule has 2 aromatic rings. The maximum atomic E-state index is 12.8. The van der Waals surface area contributed by atoms with Gasteiger partial charge in [-0.25, -0.2) is 9.97 Å². The first-order chi connectivity index (χ1) is 14.7. The van der Waals surface area contributed by atoms with Gasteiger partial charge >= 0.3 is 0 Å². The van der Waals surface area contributed by atoms with Crippen molar-refractivity contribution < 1.29 is 14.3 Å². The number of ether oxygens (including phenoxy) is 2. The molecule has 30 heavy (non-hydrogen) atoms. The predicted octanol–water partition coefficient (Wildman–Crippen LogP) is 2.53. The number of morpholine rings is 1. The van der Waals surface area contributed by atoms with Crippen molar-refractivity contribution in [1.82, 2.24) is 19.8 Å². The number of nitrogens with zero attached hydrogens (tertiary/aromatic N) is 4. The van der Waals surface area contributed by atoms with Crippen LogP contribution in [0.4, 0.5) is 0 Å². The maximum absolute atomic E-state index is 12.8. The number of methoxy groups -OCH3 is 1. The zero-order chi connectivity index (χ0) is 20.8. The predicted molar refractivity (Wildman–Crippen MR) is 116 cm³/mol. The third-order valence-corrected chi connectivity index (χ3v) is 6.30. The molecule has 3 heterocycles. The monoisotopic (exact) mass is 412 g/mol. The van der Waals surface area contributed by atoms with Crippen LogP contribution in [0.25, 0.3) is 11.0 Å². The summed E-state index contributed by atoms with van der Waals surface area (Å²) in [5.41, 5.74) is 2.40. The Morgan fingerprint density at radius 2 is 1.80 bits per heavy atom. The molecule has 7 nitrogen and oxygen atoms in total. The van der Waals surface area contributed by atoms with Gasteiger partial charge in [0, 0.05) is 39.0 Å². The van der Waals surface area contributed by atoms with Crippen LogP contribution in [0.3, 0.4) is 0 Å². The second-order valence-corrected chi connectivity index (χ2v) is 8.24. The van der Waals surface area contributed by atoms with E-state index < -0.39 is 0 Å². The lowest BCUT2D eigenvalue weighted by molar-refractivity contribution is -0.132. The maximum Gasteiger partial charge on any atom is 0.235 e. The van der Waals surface area contributed by atoms with E-state index in [0.717, 1.165) is 81.4 Å². The van der Waals surface area contributed by atoms with Crippen molar-refractivity contribution in [1.29, 1.82) is 0 Å². The van der Waals surface area contributed by atoms with Crippen LogP contribution < -0.4 is 4.74 Å². The Labute approximate surface area is 178 Å². The third kappa shape index (κ3) is 5.26. The van der Waals surface area contributed by atoms with E-state index in [4.69, 9.17) is 9.47 Å². The summed E-state index contributed by atoms with van der Waals surface area (Å²) in [4.78, 5) is 26.5. The highest BCUT2D eigenvalue weighted by atomic mass is 16.5. The Bertz CT molecular complexity index is 845. The van der Waals surface area contributed by atoms with E-state index in [1.807, 2.05) is 29.2 Å². The summed E-state index contributed by atoms with van der Waals surface area (Å²) < 4.78 is 10.8. The highest BCUT2D eigenvalue weighted by Crippen LogP contribution is 2.23. The van der Waals surface area contributed by atoms with E-state index in [-0.39, 0.29) is 5.91 Å². The van der Waals surface area contributed by atoms with Gasteiger partial charge in [-0.15, -0.1) is 0 Å². The van der Waals surface area contributed by atoms with Gasteiger partial charge in [-0.2, -0.15) is 0 Å². The summed E-state index contributed by atoms with van der Waals surface area (Å²) in [5.74, 6) is 1.45. The molecule has 1 aromatic heterocycles. The number of carbonyl (C=O) groups is 1. The highest BCUT2D eigenvalue weighted by molar-refractivity contribution is 5.77. The Balaban J connectivity index is 1.24. The van der Waals surface area contributed by atoms with Crippen LogP contribution in [-0.4, -0.2) is 78.7 Å². The fraction of sp³-hybridized carbons (Fsp3) is 0.609. The van der Waals surface area contributed by atoms with Gasteiger partial charge in [0.05, 0.1) is 31.4 Å². The molecule has 0 bridgehead atoms. The highest BCUT2D eigenvalue weighted by Gasteiger charge is 2.24. The standard InChI is InChI=1S/C23H32N4O3/c1-29-23-21(24-19-4-2-3-5-20(19)25-23)6-7-22(28)27-12-9-18(10-13-27)8-11-26-14-16-30-17-15-26/h2-5,18H,6-17H2,1H3. The van der Waals surface area contributed by atoms with Crippen LogP contribution in [0, 0.1) is 5.92 Å². The Kier molecular flexibility index (Phi) is 7.12. The fourth-order valence-corrected chi connectivity index (χ4v) is 4.39. The van der Waals surface area contributed by atoms with Gasteiger partial charge in [-0.05, 0) is 43.9 Å². The summed E-state index contributed by atoms with van der Waals surface area (Å²) in [6, 6.07) is 7.74. The average molecular weight is 413 g/mol. The quantitative estimate of drug-likeness (QED) is 0.696. The summed E-state index contributed by atoms with van der Waals surface area (Å²) in [7, 11) is 1.60. The largest absolute Gasteiger partial charge is 0.480 e. The van der Waals surface area contributed by atoms with Crippen molar-refractivity contribution in [3.63, 3.8) is 0 Å². The van der Waals surface area contributed by atoms with Crippen molar-refractivity contribution in [3.05, 3.63) is 30.0 Å². The number of aryl methyl sites for hydroxylation is 1. The molecule has 2 saturated heterocycles. The Morgan fingerprint density at radius 1 is 1.10 bits per heavy atom. The number of para-hydroxylation sites is 2. The van der Waals surface area contributed by atoms with Crippen molar-refractivity contribution in [2.75, 3.05) is 53.0 Å². The number of hydrogen-bond acceptors (Lipinski definition) is 6. The van der Waals surface area contributed by atoms with Gasteiger partial charge < -0.3 is 14.4 Å². The SMILES string of the molecule is COc1nc2ccccc2nc1CCC(=O)N1CCC(CCN2CCOCC2)CC1. The van der Waals surface area contributed by atoms with Crippen LogP contribution in [-0.2, 0) is 16.0 Å². The van der Waals surface area contributed by atoms with Gasteiger partial charge in [0.1, 0.15) is 5.69 Å². The number of hydrogen-bond donors (Lipinski definition) is 0. The number of aromatic nitrogens is 2. The lowest BCUT2D eigenvalue weighted by atomic mass is 9.93. The van der Waals surface area contributed by atoms with Gasteiger partial charge in [0.25, 0.3) is 0 Å². The van der Waals surface area contributed by atoms with Crippen molar-refractivity contribution in [3.8, 4) is 5.88 Å². The molecule has 0 unspecified atom stereocenters. The molecule has 0 N–H and O–H groups in total. The van der Waals surface area contributed by atoms with Crippen LogP contribution in [0.1, 0.15) is 31.4 Å².